The van der Waals surface area contributed by atoms with Crippen LogP contribution in [0.25, 0.3) is 0 Å². The monoisotopic (exact) mass is 154 g/mol. The lowest BCUT2D eigenvalue weighted by molar-refractivity contribution is -0.153. The summed E-state index contributed by atoms with van der Waals surface area (Å²) < 4.78 is 4.36. The van der Waals surface area contributed by atoms with Gasteiger partial charge in [-0.3, -0.25) is 9.59 Å². The Morgan fingerprint density at radius 3 is 2.82 bits per heavy atom. The van der Waals surface area contributed by atoms with Crippen molar-refractivity contribution in [2.45, 2.75) is 19.8 Å². The smallest absolute Gasteiger partial charge is 0.317 e. The lowest BCUT2D eigenvalue weighted by Crippen LogP contribution is -2.05. The van der Waals surface area contributed by atoms with E-state index in [1.807, 2.05) is 19.1 Å². The second-order valence-corrected chi connectivity index (χ2v) is 2.50. The summed E-state index contributed by atoms with van der Waals surface area (Å²) in [5, 5.41) is 0. The second kappa shape index (κ2) is 3.32. The van der Waals surface area contributed by atoms with E-state index in [0.29, 0.717) is 6.42 Å². The Kier molecular flexibility index (Phi) is 2.41. The van der Waals surface area contributed by atoms with Gasteiger partial charge in [0.25, 0.3) is 0 Å². The molecular weight excluding hydrogens is 144 g/mol. The molecule has 0 aromatic heterocycles. The standard InChI is InChI=1S/C8H10O3/c1-2-3-4-6-5-7(9)11-8(6)10/h2-3,6H,4-5H2,1H3/b3-2+. The molecular formula is C8H10O3. The van der Waals surface area contributed by atoms with Crippen molar-refractivity contribution in [2.75, 3.05) is 0 Å². The molecule has 60 valence electrons. The minimum Gasteiger partial charge on any atom is -0.393 e. The third-order valence-corrected chi connectivity index (χ3v) is 1.62. The van der Waals surface area contributed by atoms with Gasteiger partial charge in [0.1, 0.15) is 0 Å². The Hall–Kier alpha value is -1.12. The van der Waals surface area contributed by atoms with Crippen molar-refractivity contribution < 1.29 is 14.3 Å². The molecule has 0 radical (unpaired) electrons. The Labute approximate surface area is 65.0 Å². The molecule has 0 aromatic carbocycles. The summed E-state index contributed by atoms with van der Waals surface area (Å²) in [6.07, 6.45) is 4.57. The number of esters is 2. The SMILES string of the molecule is C/C=C/CC1CC(=O)OC1=O. The molecule has 0 spiro atoms. The van der Waals surface area contributed by atoms with E-state index in [1.54, 1.807) is 0 Å². The van der Waals surface area contributed by atoms with Gasteiger partial charge in [-0.15, -0.1) is 0 Å². The molecule has 3 heteroatoms. The van der Waals surface area contributed by atoms with Gasteiger partial charge >= 0.3 is 11.9 Å². The molecule has 1 atom stereocenters. The van der Waals surface area contributed by atoms with Crippen LogP contribution in [-0.2, 0) is 14.3 Å². The molecule has 1 heterocycles. The molecule has 0 N–H and O–H groups in total. The minimum absolute atomic E-state index is 0.237. The second-order valence-electron chi connectivity index (χ2n) is 2.50. The van der Waals surface area contributed by atoms with Crippen LogP contribution >= 0.6 is 0 Å². The lowest BCUT2D eigenvalue weighted by Gasteiger charge is -1.96. The Bertz CT molecular complexity index is 205. The lowest BCUT2D eigenvalue weighted by atomic mass is 10.0. The van der Waals surface area contributed by atoms with E-state index < -0.39 is 5.97 Å². The van der Waals surface area contributed by atoms with E-state index in [2.05, 4.69) is 4.74 Å². The van der Waals surface area contributed by atoms with Crippen LogP contribution in [0.2, 0.25) is 0 Å². The Balaban J connectivity index is 2.47. The summed E-state index contributed by atoms with van der Waals surface area (Å²) in [6, 6.07) is 0. The van der Waals surface area contributed by atoms with Crippen LogP contribution in [0.1, 0.15) is 19.8 Å². The first-order valence-electron chi connectivity index (χ1n) is 3.59. The highest BCUT2D eigenvalue weighted by molar-refractivity contribution is 5.94. The van der Waals surface area contributed by atoms with E-state index in [1.165, 1.54) is 0 Å². The van der Waals surface area contributed by atoms with Crippen LogP contribution in [0, 0.1) is 5.92 Å². The van der Waals surface area contributed by atoms with Gasteiger partial charge in [-0.05, 0) is 13.3 Å². The summed E-state index contributed by atoms with van der Waals surface area (Å²) in [5.41, 5.74) is 0. The zero-order chi connectivity index (χ0) is 8.27. The van der Waals surface area contributed by atoms with Crippen molar-refractivity contribution in [2.24, 2.45) is 5.92 Å². The van der Waals surface area contributed by atoms with Crippen LogP contribution < -0.4 is 0 Å². The molecule has 1 aliphatic heterocycles. The summed E-state index contributed by atoms with van der Waals surface area (Å²) in [6.45, 7) is 1.88. The van der Waals surface area contributed by atoms with Gasteiger partial charge in [0.2, 0.25) is 0 Å². The number of carbonyl (C=O) groups is 2. The van der Waals surface area contributed by atoms with Crippen LogP contribution in [0.5, 0.6) is 0 Å². The molecule has 1 fully saturated rings. The van der Waals surface area contributed by atoms with Crippen LogP contribution in [0.4, 0.5) is 0 Å². The predicted octanol–water partition coefficient (Wildman–Crippen LogP) is 1.04. The van der Waals surface area contributed by atoms with Crippen LogP contribution in [0.15, 0.2) is 12.2 Å². The quantitative estimate of drug-likeness (QED) is 0.339. The first-order valence-corrected chi connectivity index (χ1v) is 3.59. The molecule has 3 nitrogen and oxygen atoms in total. The third kappa shape index (κ3) is 1.90. The predicted molar refractivity (Wildman–Crippen MR) is 38.6 cm³/mol. The molecule has 11 heavy (non-hydrogen) atoms. The number of ether oxygens (including phenoxy) is 1. The normalized spacial score (nSPS) is 24.6. The van der Waals surface area contributed by atoms with Gasteiger partial charge in [-0.1, -0.05) is 12.2 Å². The van der Waals surface area contributed by atoms with Crippen molar-refractivity contribution >= 4 is 11.9 Å². The Morgan fingerprint density at radius 2 is 2.36 bits per heavy atom. The van der Waals surface area contributed by atoms with E-state index >= 15 is 0 Å². The van der Waals surface area contributed by atoms with Crippen molar-refractivity contribution in [1.82, 2.24) is 0 Å². The average molecular weight is 154 g/mol. The molecule has 1 rings (SSSR count). The number of hydrogen-bond donors (Lipinski definition) is 0. The van der Waals surface area contributed by atoms with E-state index in [9.17, 15) is 9.59 Å². The van der Waals surface area contributed by atoms with Gasteiger partial charge in [-0.25, -0.2) is 0 Å². The highest BCUT2D eigenvalue weighted by atomic mass is 16.6. The summed E-state index contributed by atoms with van der Waals surface area (Å²) in [4.78, 5) is 21.4. The van der Waals surface area contributed by atoms with E-state index in [4.69, 9.17) is 0 Å². The third-order valence-electron chi connectivity index (χ3n) is 1.62. The van der Waals surface area contributed by atoms with Gasteiger partial charge in [0, 0.05) is 0 Å². The zero-order valence-electron chi connectivity index (χ0n) is 6.37. The number of rotatable bonds is 2. The first kappa shape index (κ1) is 7.98. The molecule has 0 bridgehead atoms. The average Bonchev–Trinajstić information content (AvgIpc) is 2.26. The molecule has 1 unspecified atom stereocenters. The molecule has 0 saturated carbocycles. The number of cyclic esters (lactones) is 2. The zero-order valence-corrected chi connectivity index (χ0v) is 6.37. The summed E-state index contributed by atoms with van der Waals surface area (Å²) >= 11 is 0. The maximum atomic E-state index is 10.8. The molecule has 1 saturated heterocycles. The maximum absolute atomic E-state index is 10.8. The first-order chi connectivity index (χ1) is 5.24. The highest BCUT2D eigenvalue weighted by Gasteiger charge is 2.31. The van der Waals surface area contributed by atoms with E-state index in [0.717, 1.165) is 0 Å². The maximum Gasteiger partial charge on any atom is 0.317 e. The number of hydrogen-bond acceptors (Lipinski definition) is 3. The van der Waals surface area contributed by atoms with Gasteiger partial charge in [0.15, 0.2) is 0 Å². The van der Waals surface area contributed by atoms with Crippen molar-refractivity contribution in [3.63, 3.8) is 0 Å². The molecule has 0 aliphatic carbocycles. The highest BCUT2D eigenvalue weighted by Crippen LogP contribution is 2.19. The largest absolute Gasteiger partial charge is 0.393 e. The number of carbonyl (C=O) groups excluding carboxylic acids is 2. The van der Waals surface area contributed by atoms with Gasteiger partial charge in [0.05, 0.1) is 12.3 Å². The van der Waals surface area contributed by atoms with Crippen molar-refractivity contribution in [3.05, 3.63) is 12.2 Å². The Morgan fingerprint density at radius 1 is 1.64 bits per heavy atom. The topological polar surface area (TPSA) is 43.4 Å². The van der Waals surface area contributed by atoms with Crippen LogP contribution in [-0.4, -0.2) is 11.9 Å². The molecule has 0 aromatic rings. The summed E-state index contributed by atoms with van der Waals surface area (Å²) in [7, 11) is 0. The number of allylic oxidation sites excluding steroid dienone is 2. The van der Waals surface area contributed by atoms with Crippen molar-refractivity contribution in [3.8, 4) is 0 Å². The fraction of sp³-hybridized carbons (Fsp3) is 0.500. The molecule has 0 amide bonds. The van der Waals surface area contributed by atoms with Crippen molar-refractivity contribution in [1.29, 1.82) is 0 Å². The fourth-order valence-electron chi connectivity index (χ4n) is 1.00. The van der Waals surface area contributed by atoms with Gasteiger partial charge < -0.3 is 4.74 Å². The fourth-order valence-corrected chi connectivity index (χ4v) is 1.00. The van der Waals surface area contributed by atoms with E-state index in [-0.39, 0.29) is 18.3 Å². The molecule has 1 aliphatic rings. The summed E-state index contributed by atoms with van der Waals surface area (Å²) in [5.74, 6) is -1.02. The van der Waals surface area contributed by atoms with Crippen LogP contribution in [0.3, 0.4) is 0 Å². The minimum atomic E-state index is -0.399. The van der Waals surface area contributed by atoms with Gasteiger partial charge in [-0.2, -0.15) is 0 Å².